The summed E-state index contributed by atoms with van der Waals surface area (Å²) in [4.78, 5) is 13.9. The number of amides is 1. The number of carbonyl (C=O) groups is 1. The molecule has 5 heteroatoms. The second kappa shape index (κ2) is 6.10. The van der Waals surface area contributed by atoms with Crippen LogP contribution in [0.1, 0.15) is 18.5 Å². The Balaban J connectivity index is 1.87. The zero-order chi connectivity index (χ0) is 15.7. The first-order valence-electron chi connectivity index (χ1n) is 7.19. The largest absolute Gasteiger partial charge is 0.494 e. The number of benzene rings is 2. The molecular weight excluding hydrogens is 344 g/mol. The lowest BCUT2D eigenvalue weighted by Gasteiger charge is -2.45. The van der Waals surface area contributed by atoms with Crippen molar-refractivity contribution in [2.75, 3.05) is 11.5 Å². The molecule has 1 aliphatic heterocycles. The van der Waals surface area contributed by atoms with Crippen LogP contribution in [0.3, 0.4) is 0 Å². The molecule has 4 nitrogen and oxygen atoms in total. The molecular formula is C17H17BrN2O2. The lowest BCUT2D eigenvalue weighted by molar-refractivity contribution is -0.126. The van der Waals surface area contributed by atoms with Crippen molar-refractivity contribution in [1.29, 1.82) is 0 Å². The van der Waals surface area contributed by atoms with Crippen LogP contribution >= 0.6 is 15.9 Å². The highest BCUT2D eigenvalue weighted by Gasteiger charge is 2.46. The van der Waals surface area contributed by atoms with Gasteiger partial charge in [0.05, 0.1) is 12.6 Å². The highest BCUT2D eigenvalue weighted by molar-refractivity contribution is 9.10. The van der Waals surface area contributed by atoms with Gasteiger partial charge in [0.2, 0.25) is 5.91 Å². The molecule has 1 fully saturated rings. The van der Waals surface area contributed by atoms with Crippen molar-refractivity contribution in [3.8, 4) is 5.75 Å². The molecule has 0 radical (unpaired) electrons. The van der Waals surface area contributed by atoms with E-state index in [-0.39, 0.29) is 11.9 Å². The normalized spacial score (nSPS) is 20.7. The van der Waals surface area contributed by atoms with Gasteiger partial charge in [-0.15, -0.1) is 0 Å². The summed E-state index contributed by atoms with van der Waals surface area (Å²) in [5.41, 5.74) is 7.88. The van der Waals surface area contributed by atoms with Crippen LogP contribution in [0.15, 0.2) is 53.0 Å². The monoisotopic (exact) mass is 360 g/mol. The van der Waals surface area contributed by atoms with Gasteiger partial charge in [0, 0.05) is 10.2 Å². The Labute approximate surface area is 138 Å². The third kappa shape index (κ3) is 2.62. The lowest BCUT2D eigenvalue weighted by atomic mass is 9.88. The fourth-order valence-corrected chi connectivity index (χ4v) is 2.95. The highest BCUT2D eigenvalue weighted by atomic mass is 79.9. The zero-order valence-electron chi connectivity index (χ0n) is 12.2. The lowest BCUT2D eigenvalue weighted by Crippen LogP contribution is -2.63. The van der Waals surface area contributed by atoms with Crippen molar-refractivity contribution < 1.29 is 9.53 Å². The summed E-state index contributed by atoms with van der Waals surface area (Å²) in [5, 5.41) is 0. The summed E-state index contributed by atoms with van der Waals surface area (Å²) in [5.74, 6) is 0.737. The summed E-state index contributed by atoms with van der Waals surface area (Å²) in [6.07, 6.45) is 0. The number of halogens is 1. The molecule has 0 aliphatic carbocycles. The van der Waals surface area contributed by atoms with E-state index in [1.807, 2.05) is 55.5 Å². The molecule has 0 bridgehead atoms. The van der Waals surface area contributed by atoms with Gasteiger partial charge < -0.3 is 15.4 Å². The number of hydrogen-bond donors (Lipinski definition) is 1. The maximum atomic E-state index is 12.2. The van der Waals surface area contributed by atoms with E-state index in [1.54, 1.807) is 4.90 Å². The third-order valence-corrected chi connectivity index (χ3v) is 4.31. The number of carbonyl (C=O) groups excluding carboxylic acids is 1. The predicted molar refractivity (Wildman–Crippen MR) is 90.0 cm³/mol. The fourth-order valence-electron chi connectivity index (χ4n) is 2.69. The van der Waals surface area contributed by atoms with E-state index in [0.29, 0.717) is 6.61 Å². The Morgan fingerprint density at radius 2 is 1.77 bits per heavy atom. The first-order chi connectivity index (χ1) is 10.6. The first kappa shape index (κ1) is 15.1. The van der Waals surface area contributed by atoms with E-state index in [1.165, 1.54) is 0 Å². The number of nitrogens with two attached hydrogens (primary N) is 1. The van der Waals surface area contributed by atoms with Gasteiger partial charge in [0.1, 0.15) is 11.8 Å². The van der Waals surface area contributed by atoms with Crippen molar-refractivity contribution in [2.45, 2.75) is 19.0 Å². The molecule has 22 heavy (non-hydrogen) atoms. The van der Waals surface area contributed by atoms with Crippen molar-refractivity contribution in [3.63, 3.8) is 0 Å². The van der Waals surface area contributed by atoms with Crippen molar-refractivity contribution in [2.24, 2.45) is 5.73 Å². The van der Waals surface area contributed by atoms with E-state index in [9.17, 15) is 4.79 Å². The highest BCUT2D eigenvalue weighted by Crippen LogP contribution is 2.38. The number of nitrogens with zero attached hydrogens (tertiary/aromatic N) is 1. The van der Waals surface area contributed by atoms with Gasteiger partial charge in [0.25, 0.3) is 0 Å². The molecule has 0 unspecified atom stereocenters. The fraction of sp³-hybridized carbons (Fsp3) is 0.235. The molecule has 1 amide bonds. The van der Waals surface area contributed by atoms with Crippen LogP contribution < -0.4 is 15.4 Å². The molecule has 1 heterocycles. The van der Waals surface area contributed by atoms with Crippen molar-refractivity contribution >= 4 is 27.5 Å². The molecule has 1 saturated heterocycles. The molecule has 114 valence electrons. The van der Waals surface area contributed by atoms with Gasteiger partial charge >= 0.3 is 0 Å². The molecule has 0 spiro atoms. The van der Waals surface area contributed by atoms with Crippen LogP contribution in [-0.2, 0) is 4.79 Å². The quantitative estimate of drug-likeness (QED) is 0.851. The number of ether oxygens (including phenoxy) is 1. The molecule has 2 atom stereocenters. The van der Waals surface area contributed by atoms with Crippen LogP contribution in [0.2, 0.25) is 0 Å². The predicted octanol–water partition coefficient (Wildman–Crippen LogP) is 3.26. The van der Waals surface area contributed by atoms with E-state index < -0.39 is 6.04 Å². The molecule has 2 aromatic rings. The van der Waals surface area contributed by atoms with Crippen LogP contribution in [0, 0.1) is 0 Å². The summed E-state index contributed by atoms with van der Waals surface area (Å²) in [6, 6.07) is 14.8. The average molecular weight is 361 g/mol. The van der Waals surface area contributed by atoms with Crippen LogP contribution in [-0.4, -0.2) is 18.6 Å². The Bertz CT molecular complexity index is 670. The van der Waals surface area contributed by atoms with Crippen molar-refractivity contribution in [1.82, 2.24) is 0 Å². The minimum absolute atomic E-state index is 0.0583. The Hall–Kier alpha value is -1.85. The molecule has 3 rings (SSSR count). The second-order valence-corrected chi connectivity index (χ2v) is 6.07. The van der Waals surface area contributed by atoms with Gasteiger partial charge in [-0.1, -0.05) is 28.1 Å². The summed E-state index contributed by atoms with van der Waals surface area (Å²) in [6.45, 7) is 2.56. The topological polar surface area (TPSA) is 55.6 Å². The molecule has 0 saturated carbocycles. The van der Waals surface area contributed by atoms with Gasteiger partial charge in [-0.05, 0) is 48.9 Å². The SMILES string of the molecule is CCOc1ccc(N2C(=O)[C@@H](N)[C@H]2c2ccc(Br)cc2)cc1. The number of hydrogen-bond acceptors (Lipinski definition) is 3. The Morgan fingerprint density at radius 3 is 2.36 bits per heavy atom. The molecule has 1 aliphatic rings. The van der Waals surface area contributed by atoms with Gasteiger partial charge in [-0.3, -0.25) is 4.79 Å². The number of rotatable bonds is 4. The second-order valence-electron chi connectivity index (χ2n) is 5.16. The Morgan fingerprint density at radius 1 is 1.14 bits per heavy atom. The minimum Gasteiger partial charge on any atom is -0.494 e. The molecule has 2 N–H and O–H groups in total. The summed E-state index contributed by atoms with van der Waals surface area (Å²) < 4.78 is 6.43. The minimum atomic E-state index is -0.493. The Kier molecular flexibility index (Phi) is 4.18. The first-order valence-corrected chi connectivity index (χ1v) is 7.98. The van der Waals surface area contributed by atoms with E-state index >= 15 is 0 Å². The van der Waals surface area contributed by atoms with Gasteiger partial charge in [-0.2, -0.15) is 0 Å². The van der Waals surface area contributed by atoms with Gasteiger partial charge in [-0.25, -0.2) is 0 Å². The molecule has 0 aromatic heterocycles. The maximum Gasteiger partial charge on any atom is 0.247 e. The summed E-state index contributed by atoms with van der Waals surface area (Å²) in [7, 11) is 0. The third-order valence-electron chi connectivity index (χ3n) is 3.78. The smallest absolute Gasteiger partial charge is 0.247 e. The van der Waals surface area contributed by atoms with Crippen LogP contribution in [0.5, 0.6) is 5.75 Å². The zero-order valence-corrected chi connectivity index (χ0v) is 13.8. The van der Waals surface area contributed by atoms with Crippen LogP contribution in [0.4, 0.5) is 5.69 Å². The summed E-state index contributed by atoms with van der Waals surface area (Å²) >= 11 is 3.42. The number of β-lactam (4-membered cyclic amide) rings is 1. The maximum absolute atomic E-state index is 12.2. The van der Waals surface area contributed by atoms with Crippen LogP contribution in [0.25, 0.3) is 0 Å². The van der Waals surface area contributed by atoms with Gasteiger partial charge in [0.15, 0.2) is 0 Å². The van der Waals surface area contributed by atoms with E-state index in [4.69, 9.17) is 10.5 Å². The van der Waals surface area contributed by atoms with E-state index in [2.05, 4.69) is 15.9 Å². The number of anilines is 1. The standard InChI is InChI=1S/C17H17BrN2O2/c1-2-22-14-9-7-13(8-10-14)20-16(15(19)17(20)21)11-3-5-12(18)6-4-11/h3-10,15-16H,2,19H2,1H3/t15-,16+/m0/s1. The molecule has 2 aromatic carbocycles. The van der Waals surface area contributed by atoms with Crippen molar-refractivity contribution in [3.05, 3.63) is 58.6 Å². The average Bonchev–Trinajstić information content (AvgIpc) is 2.54. The van der Waals surface area contributed by atoms with E-state index in [0.717, 1.165) is 21.5 Å².